The van der Waals surface area contributed by atoms with E-state index in [-0.39, 0.29) is 5.78 Å². The molecule has 3 heteroatoms. The molecular weight excluding hydrogens is 279 g/mol. The molecule has 0 aliphatic heterocycles. The van der Waals surface area contributed by atoms with Gasteiger partial charge in [0.2, 0.25) is 0 Å². The van der Waals surface area contributed by atoms with E-state index in [9.17, 15) is 9.90 Å². The minimum absolute atomic E-state index is 0.260. The number of ketones is 1. The molecule has 76 valence electrons. The molecule has 0 aromatic rings. The van der Waals surface area contributed by atoms with Gasteiger partial charge in [-0.3, -0.25) is 4.79 Å². The molecule has 2 atom stereocenters. The standard InChI is InChI=1S/C10H17IO2/c1-10(6-3-7-11)8(12)4-2-5-9(10)13/h8,12H,2-7H2,1H3/t8-,10-/m0/s1. The summed E-state index contributed by atoms with van der Waals surface area (Å²) in [5.74, 6) is 0.260. The number of Topliss-reactive ketones (excluding diaryl/α,β-unsaturated/α-hetero) is 1. The lowest BCUT2D eigenvalue weighted by Gasteiger charge is -2.36. The lowest BCUT2D eigenvalue weighted by Crippen LogP contribution is -2.43. The molecule has 2 nitrogen and oxygen atoms in total. The highest BCUT2D eigenvalue weighted by Gasteiger charge is 2.41. The van der Waals surface area contributed by atoms with Crippen molar-refractivity contribution >= 4 is 28.4 Å². The van der Waals surface area contributed by atoms with Crippen molar-refractivity contribution in [3.63, 3.8) is 0 Å². The van der Waals surface area contributed by atoms with Crippen molar-refractivity contribution < 1.29 is 9.90 Å². The Morgan fingerprint density at radius 2 is 2.38 bits per heavy atom. The van der Waals surface area contributed by atoms with Gasteiger partial charge in [0.1, 0.15) is 5.78 Å². The Hall–Kier alpha value is 0.360. The lowest BCUT2D eigenvalue weighted by molar-refractivity contribution is -0.139. The molecule has 0 amide bonds. The fraction of sp³-hybridized carbons (Fsp3) is 0.900. The van der Waals surface area contributed by atoms with Crippen LogP contribution in [0, 0.1) is 5.41 Å². The van der Waals surface area contributed by atoms with Crippen molar-refractivity contribution in [1.82, 2.24) is 0 Å². The largest absolute Gasteiger partial charge is 0.392 e. The van der Waals surface area contributed by atoms with Gasteiger partial charge in [0.25, 0.3) is 0 Å². The Kier molecular flexibility index (Phi) is 4.16. The molecule has 0 aromatic heterocycles. The van der Waals surface area contributed by atoms with Crippen LogP contribution in [0.3, 0.4) is 0 Å². The normalized spacial score (nSPS) is 35.0. The third-order valence-corrected chi connectivity index (χ3v) is 3.85. The zero-order valence-electron chi connectivity index (χ0n) is 8.05. The average Bonchev–Trinajstić information content (AvgIpc) is 2.11. The summed E-state index contributed by atoms with van der Waals surface area (Å²) in [5.41, 5.74) is -0.441. The van der Waals surface area contributed by atoms with Crippen LogP contribution in [0.4, 0.5) is 0 Å². The first-order valence-electron chi connectivity index (χ1n) is 4.88. The maximum absolute atomic E-state index is 11.7. The predicted molar refractivity (Wildman–Crippen MR) is 61.1 cm³/mol. The topological polar surface area (TPSA) is 37.3 Å². The van der Waals surface area contributed by atoms with Gasteiger partial charge in [0.15, 0.2) is 0 Å². The van der Waals surface area contributed by atoms with Gasteiger partial charge < -0.3 is 5.11 Å². The Labute approximate surface area is 93.2 Å². The van der Waals surface area contributed by atoms with E-state index in [4.69, 9.17) is 0 Å². The van der Waals surface area contributed by atoms with E-state index in [1.54, 1.807) is 0 Å². The summed E-state index contributed by atoms with van der Waals surface area (Å²) in [4.78, 5) is 11.7. The first-order chi connectivity index (χ1) is 6.11. The van der Waals surface area contributed by atoms with E-state index in [0.29, 0.717) is 6.42 Å². The summed E-state index contributed by atoms with van der Waals surface area (Å²) in [6.45, 7) is 1.92. The number of halogens is 1. The van der Waals surface area contributed by atoms with Crippen LogP contribution in [0.5, 0.6) is 0 Å². The number of carbonyl (C=O) groups is 1. The smallest absolute Gasteiger partial charge is 0.141 e. The zero-order valence-corrected chi connectivity index (χ0v) is 10.2. The number of aliphatic hydroxyl groups is 1. The molecular formula is C10H17IO2. The van der Waals surface area contributed by atoms with Gasteiger partial charge >= 0.3 is 0 Å². The highest BCUT2D eigenvalue weighted by Crippen LogP contribution is 2.37. The zero-order chi connectivity index (χ0) is 9.90. The molecule has 1 aliphatic rings. The molecule has 0 saturated heterocycles. The van der Waals surface area contributed by atoms with Crippen LogP contribution in [0.25, 0.3) is 0 Å². The van der Waals surface area contributed by atoms with Crippen LogP contribution < -0.4 is 0 Å². The van der Waals surface area contributed by atoms with Crippen molar-refractivity contribution in [3.05, 3.63) is 0 Å². The number of rotatable bonds is 3. The second-order valence-electron chi connectivity index (χ2n) is 4.04. The van der Waals surface area contributed by atoms with Crippen LogP contribution >= 0.6 is 22.6 Å². The van der Waals surface area contributed by atoms with Crippen LogP contribution in [-0.2, 0) is 4.79 Å². The fourth-order valence-corrected chi connectivity index (χ4v) is 2.37. The fourth-order valence-electron chi connectivity index (χ4n) is 1.99. The average molecular weight is 296 g/mol. The van der Waals surface area contributed by atoms with E-state index >= 15 is 0 Å². The van der Waals surface area contributed by atoms with Crippen LogP contribution in [0.1, 0.15) is 39.0 Å². The second-order valence-corrected chi connectivity index (χ2v) is 5.12. The molecule has 13 heavy (non-hydrogen) atoms. The van der Waals surface area contributed by atoms with Gasteiger partial charge in [-0.1, -0.05) is 29.5 Å². The summed E-state index contributed by atoms with van der Waals surface area (Å²) < 4.78 is 1.06. The first-order valence-corrected chi connectivity index (χ1v) is 6.41. The molecule has 1 rings (SSSR count). The van der Waals surface area contributed by atoms with Crippen molar-refractivity contribution in [2.45, 2.75) is 45.1 Å². The molecule has 0 spiro atoms. The third kappa shape index (κ3) is 2.43. The minimum atomic E-state index is -0.441. The van der Waals surface area contributed by atoms with Gasteiger partial charge in [-0.15, -0.1) is 0 Å². The number of aliphatic hydroxyl groups excluding tert-OH is 1. The van der Waals surface area contributed by atoms with E-state index in [1.807, 2.05) is 6.92 Å². The van der Waals surface area contributed by atoms with Gasteiger partial charge in [0.05, 0.1) is 11.5 Å². The van der Waals surface area contributed by atoms with Crippen LogP contribution in [0.15, 0.2) is 0 Å². The molecule has 1 saturated carbocycles. The number of alkyl halides is 1. The molecule has 1 N–H and O–H groups in total. The first kappa shape index (κ1) is 11.4. The molecule has 1 aliphatic carbocycles. The van der Waals surface area contributed by atoms with E-state index in [1.165, 1.54) is 0 Å². The molecule has 0 aromatic carbocycles. The van der Waals surface area contributed by atoms with E-state index < -0.39 is 11.5 Å². The summed E-state index contributed by atoms with van der Waals surface area (Å²) in [6.07, 6.45) is 3.78. The van der Waals surface area contributed by atoms with Gasteiger partial charge in [-0.2, -0.15) is 0 Å². The Bertz CT molecular complexity index is 193. The van der Waals surface area contributed by atoms with E-state index in [0.717, 1.165) is 30.1 Å². The summed E-state index contributed by atoms with van der Waals surface area (Å²) in [7, 11) is 0. The minimum Gasteiger partial charge on any atom is -0.392 e. The van der Waals surface area contributed by atoms with E-state index in [2.05, 4.69) is 22.6 Å². The maximum Gasteiger partial charge on any atom is 0.141 e. The molecule has 1 fully saturated rings. The van der Waals surface area contributed by atoms with Crippen molar-refractivity contribution in [1.29, 1.82) is 0 Å². The maximum atomic E-state index is 11.7. The Balaban J connectivity index is 2.63. The molecule has 0 bridgehead atoms. The SMILES string of the molecule is C[C@@]1(CCCI)C(=O)CCC[C@@H]1O. The summed E-state index contributed by atoms with van der Waals surface area (Å²) in [5, 5.41) is 9.80. The van der Waals surface area contributed by atoms with Crippen LogP contribution in [0.2, 0.25) is 0 Å². The van der Waals surface area contributed by atoms with Crippen LogP contribution in [-0.4, -0.2) is 21.4 Å². The quantitative estimate of drug-likeness (QED) is 0.641. The summed E-state index contributed by atoms with van der Waals surface area (Å²) in [6, 6.07) is 0. The van der Waals surface area contributed by atoms with Gasteiger partial charge in [-0.05, 0) is 30.1 Å². The number of carbonyl (C=O) groups excluding carboxylic acids is 1. The summed E-state index contributed by atoms with van der Waals surface area (Å²) >= 11 is 2.31. The molecule has 0 heterocycles. The van der Waals surface area contributed by atoms with Gasteiger partial charge in [0, 0.05) is 6.42 Å². The molecule has 0 unspecified atom stereocenters. The second kappa shape index (κ2) is 4.73. The lowest BCUT2D eigenvalue weighted by atomic mass is 9.70. The van der Waals surface area contributed by atoms with Crippen molar-refractivity contribution in [2.24, 2.45) is 5.41 Å². The van der Waals surface area contributed by atoms with Crippen molar-refractivity contribution in [3.8, 4) is 0 Å². The molecule has 0 radical (unpaired) electrons. The Morgan fingerprint density at radius 3 is 2.92 bits per heavy atom. The third-order valence-electron chi connectivity index (χ3n) is 3.08. The Morgan fingerprint density at radius 1 is 1.69 bits per heavy atom. The number of hydrogen-bond acceptors (Lipinski definition) is 2. The number of hydrogen-bond donors (Lipinski definition) is 1. The highest BCUT2D eigenvalue weighted by molar-refractivity contribution is 14.1. The monoisotopic (exact) mass is 296 g/mol. The van der Waals surface area contributed by atoms with Crippen molar-refractivity contribution in [2.75, 3.05) is 4.43 Å². The van der Waals surface area contributed by atoms with Gasteiger partial charge in [-0.25, -0.2) is 0 Å². The highest BCUT2D eigenvalue weighted by atomic mass is 127. The predicted octanol–water partition coefficient (Wildman–Crippen LogP) is 2.32.